The molecule has 3 aromatic rings. The van der Waals surface area contributed by atoms with Crippen molar-refractivity contribution >= 4 is 22.8 Å². The molecule has 0 saturated carbocycles. The second-order valence-corrected chi connectivity index (χ2v) is 6.18. The summed E-state index contributed by atoms with van der Waals surface area (Å²) in [6.07, 6.45) is 2.39. The molecular formula is C18H17FN6O. The summed E-state index contributed by atoms with van der Waals surface area (Å²) in [5.74, 6) is 0.280. The van der Waals surface area contributed by atoms with Gasteiger partial charge in [-0.05, 0) is 24.3 Å². The van der Waals surface area contributed by atoms with Gasteiger partial charge in [-0.25, -0.2) is 9.37 Å². The van der Waals surface area contributed by atoms with Gasteiger partial charge in [-0.1, -0.05) is 12.1 Å². The molecular weight excluding hydrogens is 335 g/mol. The van der Waals surface area contributed by atoms with Gasteiger partial charge < -0.3 is 10.2 Å². The Balaban J connectivity index is 1.45. The summed E-state index contributed by atoms with van der Waals surface area (Å²) < 4.78 is 13.9. The molecule has 7 nitrogen and oxygen atoms in total. The third kappa shape index (κ3) is 3.30. The lowest BCUT2D eigenvalue weighted by molar-refractivity contribution is 0.0946. The number of aromatic nitrogens is 4. The fourth-order valence-electron chi connectivity index (χ4n) is 3.15. The number of para-hydroxylation sites is 2. The highest BCUT2D eigenvalue weighted by Gasteiger charge is 2.33. The number of benzene rings is 1. The molecule has 0 unspecified atom stereocenters. The van der Waals surface area contributed by atoms with Gasteiger partial charge in [0.05, 0.1) is 29.8 Å². The van der Waals surface area contributed by atoms with Gasteiger partial charge in [0.25, 0.3) is 5.91 Å². The molecule has 1 aliphatic heterocycles. The number of nitrogens with zero attached hydrogens (tertiary/aromatic N) is 5. The first kappa shape index (κ1) is 16.3. The lowest BCUT2D eigenvalue weighted by Crippen LogP contribution is -2.40. The molecule has 1 aliphatic rings. The molecule has 1 amide bonds. The van der Waals surface area contributed by atoms with Crippen molar-refractivity contribution in [1.82, 2.24) is 25.5 Å². The quantitative estimate of drug-likeness (QED) is 0.770. The first-order valence-corrected chi connectivity index (χ1v) is 8.39. The number of rotatable bonds is 4. The van der Waals surface area contributed by atoms with Crippen molar-refractivity contribution in [2.24, 2.45) is 0 Å². The van der Waals surface area contributed by atoms with E-state index >= 15 is 0 Å². The minimum atomic E-state index is -0.959. The van der Waals surface area contributed by atoms with Gasteiger partial charge in [-0.15, -0.1) is 5.10 Å². The third-order valence-electron chi connectivity index (χ3n) is 4.40. The van der Waals surface area contributed by atoms with E-state index in [-0.39, 0.29) is 24.2 Å². The van der Waals surface area contributed by atoms with Crippen LogP contribution in [0.2, 0.25) is 0 Å². The Morgan fingerprint density at radius 3 is 2.88 bits per heavy atom. The van der Waals surface area contributed by atoms with Crippen LogP contribution in [0.4, 0.5) is 10.2 Å². The average molecular weight is 352 g/mol. The van der Waals surface area contributed by atoms with E-state index in [0.717, 1.165) is 5.52 Å². The Hall–Kier alpha value is -3.16. The second kappa shape index (κ2) is 6.99. The molecule has 2 atom stereocenters. The molecule has 0 radical (unpaired) electrons. The van der Waals surface area contributed by atoms with E-state index < -0.39 is 6.17 Å². The van der Waals surface area contributed by atoms with Crippen LogP contribution >= 0.6 is 0 Å². The van der Waals surface area contributed by atoms with Gasteiger partial charge in [0, 0.05) is 19.2 Å². The second-order valence-electron chi connectivity index (χ2n) is 6.18. The molecule has 3 heterocycles. The normalized spacial score (nSPS) is 19.7. The van der Waals surface area contributed by atoms with E-state index in [9.17, 15) is 9.18 Å². The largest absolute Gasteiger partial charge is 0.349 e. The maximum Gasteiger partial charge on any atom is 0.271 e. The minimum Gasteiger partial charge on any atom is -0.349 e. The Morgan fingerprint density at radius 2 is 2.08 bits per heavy atom. The molecule has 0 bridgehead atoms. The van der Waals surface area contributed by atoms with Gasteiger partial charge in [0.1, 0.15) is 11.9 Å². The lowest BCUT2D eigenvalue weighted by atomic mass is 10.2. The van der Waals surface area contributed by atoms with Crippen molar-refractivity contribution in [2.45, 2.75) is 18.6 Å². The zero-order chi connectivity index (χ0) is 17.9. The fraction of sp³-hybridized carbons (Fsp3) is 0.278. The van der Waals surface area contributed by atoms with Crippen LogP contribution in [-0.4, -0.2) is 51.4 Å². The van der Waals surface area contributed by atoms with E-state index in [1.165, 1.54) is 6.20 Å². The van der Waals surface area contributed by atoms with E-state index in [1.807, 2.05) is 23.1 Å². The van der Waals surface area contributed by atoms with Crippen LogP contribution in [0.3, 0.4) is 0 Å². The number of anilines is 1. The molecule has 0 aliphatic carbocycles. The summed E-state index contributed by atoms with van der Waals surface area (Å²) in [4.78, 5) is 22.8. The zero-order valence-corrected chi connectivity index (χ0v) is 13.9. The van der Waals surface area contributed by atoms with Crippen LogP contribution in [0, 0.1) is 0 Å². The van der Waals surface area contributed by atoms with Gasteiger partial charge in [-0.3, -0.25) is 9.78 Å². The van der Waals surface area contributed by atoms with Crippen molar-refractivity contribution in [1.29, 1.82) is 0 Å². The maximum absolute atomic E-state index is 13.9. The van der Waals surface area contributed by atoms with Crippen molar-refractivity contribution < 1.29 is 9.18 Å². The van der Waals surface area contributed by atoms with Crippen LogP contribution in [0.5, 0.6) is 0 Å². The van der Waals surface area contributed by atoms with Crippen molar-refractivity contribution in [3.8, 4) is 0 Å². The monoisotopic (exact) mass is 352 g/mol. The topological polar surface area (TPSA) is 83.9 Å². The Morgan fingerprint density at radius 1 is 1.23 bits per heavy atom. The highest BCUT2D eigenvalue weighted by molar-refractivity contribution is 5.93. The molecule has 8 heteroatoms. The average Bonchev–Trinajstić information content (AvgIpc) is 3.07. The van der Waals surface area contributed by atoms with Crippen molar-refractivity contribution in [3.63, 3.8) is 0 Å². The maximum atomic E-state index is 13.9. The summed E-state index contributed by atoms with van der Waals surface area (Å²) in [6.45, 7) is 0.541. The number of amides is 1. The minimum absolute atomic E-state index is 0.181. The van der Waals surface area contributed by atoms with Crippen LogP contribution in [0.1, 0.15) is 16.9 Å². The SMILES string of the molecule is O=C(NC[C@@H]1C[C@H](F)CN1c1cccnn1)c1cnc2ccccc2n1. The molecule has 2 aromatic heterocycles. The van der Waals surface area contributed by atoms with Crippen LogP contribution in [-0.2, 0) is 0 Å². The van der Waals surface area contributed by atoms with Crippen LogP contribution in [0.25, 0.3) is 11.0 Å². The molecule has 26 heavy (non-hydrogen) atoms. The van der Waals surface area contributed by atoms with E-state index in [0.29, 0.717) is 24.3 Å². The van der Waals surface area contributed by atoms with E-state index in [1.54, 1.807) is 24.4 Å². The predicted molar refractivity (Wildman–Crippen MR) is 94.6 cm³/mol. The standard InChI is InChI=1S/C18H17FN6O/c19-12-8-13(25(11-12)17-6-3-7-22-24-17)9-21-18(26)16-10-20-14-4-1-2-5-15(14)23-16/h1-7,10,12-13H,8-9,11H2,(H,21,26)/t12-,13-/m0/s1. The highest BCUT2D eigenvalue weighted by atomic mass is 19.1. The first-order chi connectivity index (χ1) is 12.7. The summed E-state index contributed by atoms with van der Waals surface area (Å²) in [7, 11) is 0. The number of hydrogen-bond acceptors (Lipinski definition) is 6. The molecule has 0 spiro atoms. The molecule has 1 N–H and O–H groups in total. The van der Waals surface area contributed by atoms with Gasteiger partial charge in [-0.2, -0.15) is 5.10 Å². The Bertz CT molecular complexity index is 922. The van der Waals surface area contributed by atoms with Crippen LogP contribution in [0.15, 0.2) is 48.8 Å². The molecule has 1 fully saturated rings. The summed E-state index contributed by atoms with van der Waals surface area (Å²) in [6, 6.07) is 10.7. The van der Waals surface area contributed by atoms with Gasteiger partial charge in [0.15, 0.2) is 5.82 Å². The van der Waals surface area contributed by atoms with Gasteiger partial charge >= 0.3 is 0 Å². The molecule has 132 valence electrons. The van der Waals surface area contributed by atoms with Crippen molar-refractivity contribution in [2.75, 3.05) is 18.0 Å². The van der Waals surface area contributed by atoms with Crippen molar-refractivity contribution in [3.05, 3.63) is 54.5 Å². The van der Waals surface area contributed by atoms with Crippen LogP contribution < -0.4 is 10.2 Å². The summed E-state index contributed by atoms with van der Waals surface area (Å²) in [5.41, 5.74) is 1.63. The predicted octanol–water partition coefficient (Wildman–Crippen LogP) is 1.77. The highest BCUT2D eigenvalue weighted by Crippen LogP contribution is 2.24. The van der Waals surface area contributed by atoms with Gasteiger partial charge in [0.2, 0.25) is 0 Å². The lowest BCUT2D eigenvalue weighted by Gasteiger charge is -2.24. The number of carbonyl (C=O) groups is 1. The fourth-order valence-corrected chi connectivity index (χ4v) is 3.15. The zero-order valence-electron chi connectivity index (χ0n) is 13.9. The molecule has 4 rings (SSSR count). The number of alkyl halides is 1. The number of hydrogen-bond donors (Lipinski definition) is 1. The number of nitrogens with one attached hydrogen (secondary N) is 1. The molecule has 1 saturated heterocycles. The summed E-state index contributed by atoms with van der Waals surface area (Å²) >= 11 is 0. The Kier molecular flexibility index (Phi) is 4.39. The van der Waals surface area contributed by atoms with E-state index in [2.05, 4.69) is 25.5 Å². The smallest absolute Gasteiger partial charge is 0.271 e. The molecule has 1 aromatic carbocycles. The number of carbonyl (C=O) groups excluding carboxylic acids is 1. The Labute approximate surface area is 149 Å². The number of halogens is 1. The van der Waals surface area contributed by atoms with E-state index in [4.69, 9.17) is 0 Å². The third-order valence-corrected chi connectivity index (χ3v) is 4.40. The number of fused-ring (bicyclic) bond motifs is 1. The first-order valence-electron chi connectivity index (χ1n) is 8.39. The summed E-state index contributed by atoms with van der Waals surface area (Å²) in [5, 5.41) is 10.7.